The highest BCUT2D eigenvalue weighted by atomic mass is 16.5. The second kappa shape index (κ2) is 7.32. The molecule has 0 saturated heterocycles. The van der Waals surface area contributed by atoms with Crippen LogP contribution in [0.5, 0.6) is 5.75 Å². The van der Waals surface area contributed by atoms with Gasteiger partial charge in [0.05, 0.1) is 6.61 Å². The molecule has 1 N–H and O–H groups in total. The Labute approximate surface area is 106 Å². The number of rotatable bonds is 8. The van der Waals surface area contributed by atoms with Crippen LogP contribution in [-0.2, 0) is 9.59 Å². The third-order valence-corrected chi connectivity index (χ3v) is 2.40. The molecule has 18 heavy (non-hydrogen) atoms. The lowest BCUT2D eigenvalue weighted by Gasteiger charge is -2.17. The zero-order valence-electron chi connectivity index (χ0n) is 10.3. The number of amides is 1. The zero-order valence-corrected chi connectivity index (χ0v) is 10.3. The maximum atomic E-state index is 10.9. The first-order chi connectivity index (χ1) is 8.67. The number of hydrogen-bond acceptors (Lipinski definition) is 3. The fourth-order valence-electron chi connectivity index (χ4n) is 1.54. The van der Waals surface area contributed by atoms with Crippen molar-refractivity contribution < 1.29 is 19.4 Å². The van der Waals surface area contributed by atoms with Crippen LogP contribution < -0.4 is 9.64 Å². The van der Waals surface area contributed by atoms with Gasteiger partial charge in [-0.3, -0.25) is 9.59 Å². The van der Waals surface area contributed by atoms with Crippen LogP contribution in [0, 0.1) is 0 Å². The molecule has 1 rings (SSSR count). The number of carbonyl (C=O) groups excluding carboxylic acids is 1. The van der Waals surface area contributed by atoms with Gasteiger partial charge in [-0.2, -0.15) is 0 Å². The SMILES string of the molecule is CCOc1ccc(N(C=O)CCCC(=O)O)cc1. The van der Waals surface area contributed by atoms with Crippen molar-refractivity contribution in [2.45, 2.75) is 19.8 Å². The molecule has 98 valence electrons. The number of carboxylic acids is 1. The molecular formula is C13H17NO4. The molecule has 0 unspecified atom stereocenters. The van der Waals surface area contributed by atoms with Gasteiger partial charge in [0, 0.05) is 18.7 Å². The van der Waals surface area contributed by atoms with Gasteiger partial charge < -0.3 is 14.7 Å². The summed E-state index contributed by atoms with van der Waals surface area (Å²) in [5.74, 6) is -0.106. The molecule has 0 atom stereocenters. The van der Waals surface area contributed by atoms with Crippen LogP contribution in [0.4, 0.5) is 5.69 Å². The van der Waals surface area contributed by atoms with Crippen LogP contribution in [0.3, 0.4) is 0 Å². The summed E-state index contributed by atoms with van der Waals surface area (Å²) in [6.45, 7) is 2.89. The first-order valence-electron chi connectivity index (χ1n) is 5.84. The van der Waals surface area contributed by atoms with Crippen molar-refractivity contribution in [3.63, 3.8) is 0 Å². The van der Waals surface area contributed by atoms with Crippen molar-refractivity contribution in [2.75, 3.05) is 18.1 Å². The highest BCUT2D eigenvalue weighted by Crippen LogP contribution is 2.18. The lowest BCUT2D eigenvalue weighted by Crippen LogP contribution is -2.22. The van der Waals surface area contributed by atoms with Gasteiger partial charge in [-0.25, -0.2) is 0 Å². The first-order valence-corrected chi connectivity index (χ1v) is 5.84. The van der Waals surface area contributed by atoms with Gasteiger partial charge in [-0.15, -0.1) is 0 Å². The molecule has 0 radical (unpaired) electrons. The Morgan fingerprint density at radius 1 is 1.39 bits per heavy atom. The molecule has 0 aliphatic carbocycles. The maximum absolute atomic E-state index is 10.9. The predicted molar refractivity (Wildman–Crippen MR) is 67.9 cm³/mol. The molecule has 0 bridgehead atoms. The van der Waals surface area contributed by atoms with E-state index >= 15 is 0 Å². The number of ether oxygens (including phenoxy) is 1. The van der Waals surface area contributed by atoms with E-state index in [0.717, 1.165) is 11.4 Å². The molecule has 1 aromatic carbocycles. The van der Waals surface area contributed by atoms with E-state index in [1.54, 1.807) is 24.3 Å². The molecule has 1 aromatic rings. The van der Waals surface area contributed by atoms with Crippen molar-refractivity contribution in [3.8, 4) is 5.75 Å². The minimum Gasteiger partial charge on any atom is -0.494 e. The van der Waals surface area contributed by atoms with E-state index in [1.807, 2.05) is 6.92 Å². The summed E-state index contributed by atoms with van der Waals surface area (Å²) in [5, 5.41) is 8.54. The Balaban J connectivity index is 2.58. The average molecular weight is 251 g/mol. The van der Waals surface area contributed by atoms with E-state index in [0.29, 0.717) is 26.0 Å². The topological polar surface area (TPSA) is 66.8 Å². The van der Waals surface area contributed by atoms with Crippen LogP contribution in [0.15, 0.2) is 24.3 Å². The van der Waals surface area contributed by atoms with Gasteiger partial charge in [-0.1, -0.05) is 0 Å². The van der Waals surface area contributed by atoms with E-state index in [-0.39, 0.29) is 6.42 Å². The van der Waals surface area contributed by atoms with Crippen LogP contribution in [0.25, 0.3) is 0 Å². The van der Waals surface area contributed by atoms with Crippen LogP contribution >= 0.6 is 0 Å². The number of nitrogens with zero attached hydrogens (tertiary/aromatic N) is 1. The van der Waals surface area contributed by atoms with Gasteiger partial charge >= 0.3 is 5.97 Å². The van der Waals surface area contributed by atoms with Gasteiger partial charge in [0.1, 0.15) is 5.75 Å². The number of anilines is 1. The summed E-state index contributed by atoms with van der Waals surface area (Å²) in [6, 6.07) is 7.12. The lowest BCUT2D eigenvalue weighted by molar-refractivity contribution is -0.137. The second-order valence-electron chi connectivity index (χ2n) is 3.72. The van der Waals surface area contributed by atoms with Crippen molar-refractivity contribution in [3.05, 3.63) is 24.3 Å². The van der Waals surface area contributed by atoms with Crippen molar-refractivity contribution in [1.29, 1.82) is 0 Å². The van der Waals surface area contributed by atoms with Gasteiger partial charge in [0.2, 0.25) is 6.41 Å². The van der Waals surface area contributed by atoms with Crippen LogP contribution in [0.1, 0.15) is 19.8 Å². The molecule has 0 saturated carbocycles. The Hall–Kier alpha value is -2.04. The molecule has 0 aliphatic heterocycles. The largest absolute Gasteiger partial charge is 0.494 e. The highest BCUT2D eigenvalue weighted by molar-refractivity contribution is 5.75. The van der Waals surface area contributed by atoms with E-state index in [2.05, 4.69) is 0 Å². The molecule has 0 spiro atoms. The third-order valence-electron chi connectivity index (χ3n) is 2.40. The fraction of sp³-hybridized carbons (Fsp3) is 0.385. The smallest absolute Gasteiger partial charge is 0.303 e. The molecule has 0 heterocycles. The monoisotopic (exact) mass is 251 g/mol. The summed E-state index contributed by atoms with van der Waals surface area (Å²) in [6.07, 6.45) is 1.19. The molecule has 5 heteroatoms. The Morgan fingerprint density at radius 3 is 2.56 bits per heavy atom. The highest BCUT2D eigenvalue weighted by Gasteiger charge is 2.06. The van der Waals surface area contributed by atoms with Crippen molar-refractivity contribution in [2.24, 2.45) is 0 Å². The summed E-state index contributed by atoms with van der Waals surface area (Å²) in [7, 11) is 0. The van der Waals surface area contributed by atoms with Crippen molar-refractivity contribution in [1.82, 2.24) is 0 Å². The zero-order chi connectivity index (χ0) is 13.4. The average Bonchev–Trinajstić information content (AvgIpc) is 2.36. The molecule has 0 aliphatic rings. The van der Waals surface area contributed by atoms with E-state index in [4.69, 9.17) is 9.84 Å². The van der Waals surface area contributed by atoms with Gasteiger partial charge in [0.15, 0.2) is 0 Å². The molecule has 5 nitrogen and oxygen atoms in total. The summed E-state index contributed by atoms with van der Waals surface area (Å²) in [4.78, 5) is 22.8. The van der Waals surface area contributed by atoms with Crippen LogP contribution in [-0.4, -0.2) is 30.6 Å². The molecule has 0 fully saturated rings. The minimum atomic E-state index is -0.854. The number of carboxylic acid groups (broad SMARTS) is 1. The van der Waals surface area contributed by atoms with Gasteiger partial charge in [0.25, 0.3) is 0 Å². The number of benzene rings is 1. The summed E-state index contributed by atoms with van der Waals surface area (Å²) >= 11 is 0. The van der Waals surface area contributed by atoms with E-state index in [9.17, 15) is 9.59 Å². The Morgan fingerprint density at radius 2 is 2.06 bits per heavy atom. The Bertz CT molecular complexity index is 388. The Kier molecular flexibility index (Phi) is 5.70. The molecule has 1 amide bonds. The molecular weight excluding hydrogens is 234 g/mol. The van der Waals surface area contributed by atoms with E-state index in [1.165, 1.54) is 4.90 Å². The van der Waals surface area contributed by atoms with E-state index < -0.39 is 5.97 Å². The quantitative estimate of drug-likeness (QED) is 0.717. The number of aliphatic carboxylic acids is 1. The van der Waals surface area contributed by atoms with Gasteiger partial charge in [-0.05, 0) is 37.6 Å². The number of hydrogen-bond donors (Lipinski definition) is 1. The summed E-state index contributed by atoms with van der Waals surface area (Å²) < 4.78 is 5.30. The lowest BCUT2D eigenvalue weighted by atomic mass is 10.2. The standard InChI is InChI=1S/C13H17NO4/c1-2-18-12-7-5-11(6-8-12)14(10-15)9-3-4-13(16)17/h5-8,10H,2-4,9H2,1H3,(H,16,17). The first kappa shape index (κ1) is 14.0. The minimum absolute atomic E-state index is 0.0569. The number of carbonyl (C=O) groups is 2. The third kappa shape index (κ3) is 4.45. The maximum Gasteiger partial charge on any atom is 0.303 e. The fourth-order valence-corrected chi connectivity index (χ4v) is 1.54. The normalized spacial score (nSPS) is 9.83. The molecule has 0 aromatic heterocycles. The summed E-state index contributed by atoms with van der Waals surface area (Å²) in [5.41, 5.74) is 0.735. The van der Waals surface area contributed by atoms with Crippen molar-refractivity contribution >= 4 is 18.1 Å². The van der Waals surface area contributed by atoms with Crippen LogP contribution in [0.2, 0.25) is 0 Å². The second-order valence-corrected chi connectivity index (χ2v) is 3.72. The predicted octanol–water partition coefficient (Wildman–Crippen LogP) is 1.91.